The highest BCUT2D eigenvalue weighted by molar-refractivity contribution is 9.10. The highest BCUT2D eigenvalue weighted by Crippen LogP contribution is 2.33. The van der Waals surface area contributed by atoms with Crippen molar-refractivity contribution in [3.63, 3.8) is 0 Å². The van der Waals surface area contributed by atoms with E-state index >= 15 is 0 Å². The number of carbonyl (C=O) groups is 2. The molecule has 2 aromatic carbocycles. The number of esters is 1. The van der Waals surface area contributed by atoms with Crippen LogP contribution in [0.3, 0.4) is 0 Å². The number of hydrogen-bond donors (Lipinski definition) is 1. The van der Waals surface area contributed by atoms with Gasteiger partial charge in [-0.25, -0.2) is 4.39 Å². The van der Waals surface area contributed by atoms with E-state index < -0.39 is 11.9 Å². The van der Waals surface area contributed by atoms with E-state index in [1.54, 1.807) is 24.3 Å². The monoisotopic (exact) mass is 453 g/mol. The van der Waals surface area contributed by atoms with Crippen molar-refractivity contribution >= 4 is 27.8 Å². The highest BCUT2D eigenvalue weighted by atomic mass is 79.9. The van der Waals surface area contributed by atoms with Gasteiger partial charge in [-0.2, -0.15) is 0 Å². The molecule has 0 heterocycles. The molecule has 0 fully saturated rings. The minimum absolute atomic E-state index is 0.0240. The summed E-state index contributed by atoms with van der Waals surface area (Å²) >= 11 is 3.37. The highest BCUT2D eigenvalue weighted by Gasteiger charge is 2.14. The van der Waals surface area contributed by atoms with E-state index in [0.29, 0.717) is 34.5 Å². The number of rotatable bonds is 9. The second kappa shape index (κ2) is 10.7. The summed E-state index contributed by atoms with van der Waals surface area (Å²) in [7, 11) is 3.02. The maximum absolute atomic E-state index is 12.8. The summed E-state index contributed by atoms with van der Waals surface area (Å²) < 4.78 is 28.9. The standard InChI is InChI=1S/C20H21BrFNO5/c1-26-17-9-14(16(21)11-18(17)27-2)10-20(25)28-12-19(24)23-8-7-13-3-5-15(22)6-4-13/h3-6,9,11H,7-8,10,12H2,1-2H3,(H,23,24). The Bertz CT molecular complexity index is 826. The van der Waals surface area contributed by atoms with Crippen LogP contribution in [0.15, 0.2) is 40.9 Å². The molecule has 0 unspecified atom stereocenters. The number of hydrogen-bond acceptors (Lipinski definition) is 5. The number of ether oxygens (including phenoxy) is 3. The average molecular weight is 454 g/mol. The molecule has 0 bridgehead atoms. The Morgan fingerprint density at radius 3 is 2.36 bits per heavy atom. The van der Waals surface area contributed by atoms with Crippen LogP contribution in [0.4, 0.5) is 4.39 Å². The Hall–Kier alpha value is -2.61. The van der Waals surface area contributed by atoms with Gasteiger partial charge in [0.15, 0.2) is 18.1 Å². The summed E-state index contributed by atoms with van der Waals surface area (Å²) in [6.07, 6.45) is 0.530. The Kier molecular flexibility index (Phi) is 8.25. The minimum Gasteiger partial charge on any atom is -0.493 e. The predicted molar refractivity (Wildman–Crippen MR) is 105 cm³/mol. The van der Waals surface area contributed by atoms with Crippen molar-refractivity contribution < 1.29 is 28.2 Å². The van der Waals surface area contributed by atoms with Crippen molar-refractivity contribution in [1.29, 1.82) is 0 Å². The van der Waals surface area contributed by atoms with Crippen molar-refractivity contribution in [2.24, 2.45) is 0 Å². The number of amides is 1. The van der Waals surface area contributed by atoms with E-state index in [2.05, 4.69) is 21.2 Å². The van der Waals surface area contributed by atoms with Crippen LogP contribution in [-0.2, 0) is 27.2 Å². The van der Waals surface area contributed by atoms with Gasteiger partial charge in [0.1, 0.15) is 5.82 Å². The lowest BCUT2D eigenvalue weighted by atomic mass is 10.1. The third kappa shape index (κ3) is 6.53. The van der Waals surface area contributed by atoms with Crippen molar-refractivity contribution in [1.82, 2.24) is 5.32 Å². The van der Waals surface area contributed by atoms with E-state index in [4.69, 9.17) is 14.2 Å². The fourth-order valence-corrected chi connectivity index (χ4v) is 2.90. The number of methoxy groups -OCH3 is 2. The number of nitrogens with one attached hydrogen (secondary N) is 1. The van der Waals surface area contributed by atoms with Crippen molar-refractivity contribution in [2.45, 2.75) is 12.8 Å². The second-order valence-electron chi connectivity index (χ2n) is 5.86. The Morgan fingerprint density at radius 1 is 1.07 bits per heavy atom. The van der Waals surface area contributed by atoms with Gasteiger partial charge in [0, 0.05) is 11.0 Å². The molecule has 0 aliphatic heterocycles. The van der Waals surface area contributed by atoms with Crippen molar-refractivity contribution in [3.05, 3.63) is 57.8 Å². The molecule has 0 aromatic heterocycles. The van der Waals surface area contributed by atoms with Gasteiger partial charge in [0.25, 0.3) is 5.91 Å². The first-order valence-corrected chi connectivity index (χ1v) is 9.29. The van der Waals surface area contributed by atoms with Crippen LogP contribution in [0.5, 0.6) is 11.5 Å². The van der Waals surface area contributed by atoms with Gasteiger partial charge in [-0.3, -0.25) is 9.59 Å². The Morgan fingerprint density at radius 2 is 1.71 bits per heavy atom. The zero-order valence-electron chi connectivity index (χ0n) is 15.6. The van der Waals surface area contributed by atoms with Crippen molar-refractivity contribution in [2.75, 3.05) is 27.4 Å². The Balaban J connectivity index is 1.77. The molecule has 2 aromatic rings. The van der Waals surface area contributed by atoms with E-state index in [-0.39, 0.29) is 18.8 Å². The molecule has 28 heavy (non-hydrogen) atoms. The van der Waals surface area contributed by atoms with Crippen LogP contribution in [0.25, 0.3) is 0 Å². The molecule has 0 aliphatic rings. The normalized spacial score (nSPS) is 10.3. The summed E-state index contributed by atoms with van der Waals surface area (Å²) in [5.41, 5.74) is 1.55. The summed E-state index contributed by atoms with van der Waals surface area (Å²) in [5, 5.41) is 2.65. The van der Waals surface area contributed by atoms with Crippen molar-refractivity contribution in [3.8, 4) is 11.5 Å². The van der Waals surface area contributed by atoms with E-state index in [1.165, 1.54) is 26.4 Å². The molecule has 150 valence electrons. The molecule has 0 spiro atoms. The first kappa shape index (κ1) is 21.7. The number of carbonyl (C=O) groups excluding carboxylic acids is 2. The lowest BCUT2D eigenvalue weighted by Gasteiger charge is -2.12. The summed E-state index contributed by atoms with van der Waals surface area (Å²) in [6, 6.07) is 9.41. The Labute approximate surface area is 171 Å². The fourth-order valence-electron chi connectivity index (χ4n) is 2.43. The number of halogens is 2. The maximum Gasteiger partial charge on any atom is 0.310 e. The van der Waals surface area contributed by atoms with Gasteiger partial charge < -0.3 is 19.5 Å². The van der Waals surface area contributed by atoms with E-state index in [9.17, 15) is 14.0 Å². The van der Waals surface area contributed by atoms with Gasteiger partial charge in [0.2, 0.25) is 0 Å². The van der Waals surface area contributed by atoms with Crippen LogP contribution in [-0.4, -0.2) is 39.2 Å². The summed E-state index contributed by atoms with van der Waals surface area (Å²) in [4.78, 5) is 23.8. The van der Waals surface area contributed by atoms with Crippen LogP contribution >= 0.6 is 15.9 Å². The zero-order valence-corrected chi connectivity index (χ0v) is 17.2. The first-order chi connectivity index (χ1) is 13.4. The summed E-state index contributed by atoms with van der Waals surface area (Å²) in [5.74, 6) is -0.219. The third-order valence-corrected chi connectivity index (χ3v) is 4.64. The van der Waals surface area contributed by atoms with E-state index in [0.717, 1.165) is 5.56 Å². The van der Waals surface area contributed by atoms with Gasteiger partial charge in [-0.15, -0.1) is 0 Å². The molecular weight excluding hydrogens is 433 g/mol. The fraction of sp³-hybridized carbons (Fsp3) is 0.300. The number of benzene rings is 2. The molecule has 0 saturated heterocycles. The van der Waals surface area contributed by atoms with Gasteiger partial charge in [-0.05, 0) is 41.8 Å². The zero-order chi connectivity index (χ0) is 20.5. The molecule has 2 rings (SSSR count). The molecule has 0 atom stereocenters. The molecule has 0 aliphatic carbocycles. The second-order valence-corrected chi connectivity index (χ2v) is 6.72. The first-order valence-electron chi connectivity index (χ1n) is 8.50. The topological polar surface area (TPSA) is 73.9 Å². The van der Waals surface area contributed by atoms with Crippen LogP contribution < -0.4 is 14.8 Å². The van der Waals surface area contributed by atoms with Crippen LogP contribution in [0, 0.1) is 5.82 Å². The SMILES string of the molecule is COc1cc(Br)c(CC(=O)OCC(=O)NCCc2ccc(F)cc2)cc1OC. The van der Waals surface area contributed by atoms with Crippen LogP contribution in [0.2, 0.25) is 0 Å². The lowest BCUT2D eigenvalue weighted by Crippen LogP contribution is -2.30. The molecule has 6 nitrogen and oxygen atoms in total. The average Bonchev–Trinajstić information content (AvgIpc) is 2.69. The smallest absolute Gasteiger partial charge is 0.310 e. The maximum atomic E-state index is 12.8. The van der Waals surface area contributed by atoms with E-state index in [1.807, 2.05) is 0 Å². The van der Waals surface area contributed by atoms with Gasteiger partial charge >= 0.3 is 5.97 Å². The molecule has 1 amide bonds. The lowest BCUT2D eigenvalue weighted by molar-refractivity contribution is -0.147. The minimum atomic E-state index is -0.540. The van der Waals surface area contributed by atoms with Crippen LogP contribution in [0.1, 0.15) is 11.1 Å². The quantitative estimate of drug-likeness (QED) is 0.590. The molecule has 0 radical (unpaired) electrons. The third-order valence-electron chi connectivity index (χ3n) is 3.90. The van der Waals surface area contributed by atoms with Gasteiger partial charge in [-0.1, -0.05) is 28.1 Å². The summed E-state index contributed by atoms with van der Waals surface area (Å²) in [6.45, 7) is -0.00357. The molecular formula is C20H21BrFNO5. The molecule has 8 heteroatoms. The molecule has 1 N–H and O–H groups in total. The largest absolute Gasteiger partial charge is 0.493 e. The molecule has 0 saturated carbocycles. The van der Waals surface area contributed by atoms with Gasteiger partial charge in [0.05, 0.1) is 20.6 Å². The predicted octanol–water partition coefficient (Wildman–Crippen LogP) is 3.05.